The van der Waals surface area contributed by atoms with Crippen molar-refractivity contribution in [2.24, 2.45) is 4.99 Å². The van der Waals surface area contributed by atoms with Crippen molar-refractivity contribution in [2.75, 3.05) is 43.7 Å². The third-order valence-corrected chi connectivity index (χ3v) is 7.79. The molecule has 10 nitrogen and oxygen atoms in total. The molecule has 41 heavy (non-hydrogen) atoms. The molecule has 1 aromatic carbocycles. The van der Waals surface area contributed by atoms with E-state index in [2.05, 4.69) is 15.0 Å². The van der Waals surface area contributed by atoms with Crippen LogP contribution in [0.5, 0.6) is 11.6 Å². The number of thiophene rings is 1. The number of alkyl halides is 3. The van der Waals surface area contributed by atoms with E-state index in [4.69, 9.17) is 9.47 Å². The topological polar surface area (TPSA) is 104 Å². The van der Waals surface area contributed by atoms with Crippen molar-refractivity contribution in [2.45, 2.75) is 31.6 Å². The minimum absolute atomic E-state index is 0.0194. The number of ether oxygens (including phenoxy) is 2. The van der Waals surface area contributed by atoms with Crippen LogP contribution >= 0.6 is 11.3 Å². The predicted octanol–water partition coefficient (Wildman–Crippen LogP) is 4.95. The van der Waals surface area contributed by atoms with Gasteiger partial charge in [0.2, 0.25) is 17.0 Å². The molecule has 1 fully saturated rings. The van der Waals surface area contributed by atoms with Crippen molar-refractivity contribution < 1.29 is 36.9 Å². The molecule has 2 aromatic heterocycles. The van der Waals surface area contributed by atoms with Crippen molar-refractivity contribution in [3.05, 3.63) is 52.2 Å². The smallest absolute Gasteiger partial charge is 0.416 e. The van der Waals surface area contributed by atoms with Gasteiger partial charge in [0.05, 0.1) is 37.9 Å². The van der Waals surface area contributed by atoms with Gasteiger partial charge in [-0.25, -0.2) is 15.0 Å². The second-order valence-electron chi connectivity index (χ2n) is 9.50. The molecule has 3 aromatic rings. The highest BCUT2D eigenvalue weighted by molar-refractivity contribution is 7.08. The molecule has 218 valence electrons. The number of carboxylic acid groups (broad SMARTS) is 1. The maximum Gasteiger partial charge on any atom is 0.416 e. The first kappa shape index (κ1) is 28.4. The van der Waals surface area contributed by atoms with Crippen LogP contribution in [-0.4, -0.2) is 71.8 Å². The number of fused-ring (bicyclic) bond motifs is 1. The van der Waals surface area contributed by atoms with Crippen LogP contribution in [0, 0.1) is 5.13 Å². The molecular weight excluding hydrogens is 568 g/mol. The van der Waals surface area contributed by atoms with Crippen LogP contribution in [0.4, 0.5) is 34.8 Å². The molecule has 15 heteroatoms. The number of hydrogen-bond donors (Lipinski definition) is 1. The van der Waals surface area contributed by atoms with Crippen molar-refractivity contribution in [3.63, 3.8) is 0 Å². The molecule has 0 spiro atoms. The molecule has 5 rings (SSSR count). The van der Waals surface area contributed by atoms with Gasteiger partial charge in [-0.2, -0.15) is 17.6 Å². The number of carbonyl (C=O) groups is 1. The zero-order chi connectivity index (χ0) is 29.5. The highest BCUT2D eigenvalue weighted by atomic mass is 32.1. The molecule has 2 aliphatic heterocycles. The lowest BCUT2D eigenvalue weighted by atomic mass is 10.00. The Kier molecular flexibility index (Phi) is 7.64. The van der Waals surface area contributed by atoms with Crippen molar-refractivity contribution >= 4 is 40.5 Å². The van der Waals surface area contributed by atoms with Crippen LogP contribution < -0.4 is 19.3 Å². The highest BCUT2D eigenvalue weighted by Gasteiger charge is 2.41. The number of aliphatic carboxylic acids is 1. The van der Waals surface area contributed by atoms with E-state index in [-0.39, 0.29) is 34.7 Å². The second-order valence-corrected chi connectivity index (χ2v) is 10.3. The Bertz CT molecular complexity index is 1480. The lowest BCUT2D eigenvalue weighted by Gasteiger charge is -2.46. The quantitative estimate of drug-likeness (QED) is 0.397. The van der Waals surface area contributed by atoms with Crippen LogP contribution in [0.3, 0.4) is 0 Å². The summed E-state index contributed by atoms with van der Waals surface area (Å²) in [5, 5.41) is 10.6. The zero-order valence-electron chi connectivity index (χ0n) is 22.2. The number of hydrogen-bond acceptors (Lipinski definition) is 10. The summed E-state index contributed by atoms with van der Waals surface area (Å²) in [4.78, 5) is 30.2. The van der Waals surface area contributed by atoms with Gasteiger partial charge in [0.1, 0.15) is 23.6 Å². The van der Waals surface area contributed by atoms with Gasteiger partial charge in [-0.15, -0.1) is 11.3 Å². The van der Waals surface area contributed by atoms with Gasteiger partial charge in [0.25, 0.3) is 0 Å². The summed E-state index contributed by atoms with van der Waals surface area (Å²) >= 11 is 0.759. The Balaban J connectivity index is 1.60. The SMILES string of the molecule is COc1cc(N2CCN(C3=Nc4c(csc4F)C(CC(=O)O)N3c3cc(C(F)(F)F)ccc3OC)CC2C)ncn1. The first-order valence-electron chi connectivity index (χ1n) is 12.5. The Morgan fingerprint density at radius 1 is 1.17 bits per heavy atom. The van der Waals surface area contributed by atoms with Crippen molar-refractivity contribution in [1.29, 1.82) is 0 Å². The fraction of sp³-hybridized carbons (Fsp3) is 0.385. The average molecular weight is 595 g/mol. The van der Waals surface area contributed by atoms with Gasteiger partial charge in [0, 0.05) is 42.7 Å². The maximum atomic E-state index is 14.9. The Morgan fingerprint density at radius 3 is 2.61 bits per heavy atom. The number of piperazine rings is 1. The lowest BCUT2D eigenvalue weighted by molar-refractivity contribution is -0.138. The number of benzene rings is 1. The monoisotopic (exact) mass is 594 g/mol. The van der Waals surface area contributed by atoms with Crippen LogP contribution in [0.15, 0.2) is 41.0 Å². The fourth-order valence-electron chi connectivity index (χ4n) is 5.12. The summed E-state index contributed by atoms with van der Waals surface area (Å²) < 4.78 is 67.0. The summed E-state index contributed by atoms with van der Waals surface area (Å²) in [5.74, 6) is 0.0214. The molecule has 0 amide bonds. The number of methoxy groups -OCH3 is 2. The van der Waals surface area contributed by atoms with Crippen LogP contribution in [0.1, 0.15) is 30.5 Å². The molecule has 1 N–H and O–H groups in total. The summed E-state index contributed by atoms with van der Waals surface area (Å²) in [7, 11) is 2.81. The minimum atomic E-state index is -4.67. The molecule has 4 heterocycles. The molecule has 0 bridgehead atoms. The molecule has 2 aliphatic rings. The number of nitrogens with zero attached hydrogens (tertiary/aromatic N) is 6. The van der Waals surface area contributed by atoms with E-state index in [1.807, 2.05) is 16.7 Å². The van der Waals surface area contributed by atoms with Crippen molar-refractivity contribution in [1.82, 2.24) is 14.9 Å². The van der Waals surface area contributed by atoms with E-state index < -0.39 is 35.3 Å². The number of rotatable bonds is 6. The minimum Gasteiger partial charge on any atom is -0.495 e. The number of anilines is 2. The first-order valence-corrected chi connectivity index (χ1v) is 13.4. The average Bonchev–Trinajstić information content (AvgIpc) is 3.32. The molecular formula is C26H26F4N6O4S. The summed E-state index contributed by atoms with van der Waals surface area (Å²) in [6.45, 7) is 3.01. The van der Waals surface area contributed by atoms with E-state index in [1.54, 1.807) is 6.07 Å². The Labute approximate surface area is 236 Å². The van der Waals surface area contributed by atoms with Gasteiger partial charge < -0.3 is 29.3 Å². The number of aromatic nitrogens is 2. The third-order valence-electron chi connectivity index (χ3n) is 7.02. The number of halogens is 4. The van der Waals surface area contributed by atoms with Gasteiger partial charge in [-0.1, -0.05) is 0 Å². The molecule has 0 radical (unpaired) electrons. The largest absolute Gasteiger partial charge is 0.495 e. The molecule has 2 atom stereocenters. The zero-order valence-corrected chi connectivity index (χ0v) is 23.0. The first-order chi connectivity index (χ1) is 19.5. The van der Waals surface area contributed by atoms with Gasteiger partial charge in [0.15, 0.2) is 0 Å². The summed E-state index contributed by atoms with van der Waals surface area (Å²) in [6.07, 6.45) is -3.80. The number of carboxylic acids is 1. The Morgan fingerprint density at radius 2 is 1.95 bits per heavy atom. The van der Waals surface area contributed by atoms with E-state index in [9.17, 15) is 27.5 Å². The van der Waals surface area contributed by atoms with Gasteiger partial charge in [-0.05, 0) is 25.1 Å². The maximum absolute atomic E-state index is 14.9. The number of aliphatic imine (C=N–C) groups is 1. The van der Waals surface area contributed by atoms with Gasteiger partial charge in [-0.3, -0.25) is 4.79 Å². The normalized spacial score (nSPS) is 19.1. The molecule has 1 saturated heterocycles. The summed E-state index contributed by atoms with van der Waals surface area (Å²) in [6, 6.07) is 3.45. The standard InChI is InChI=1S/C26H26F4N6O4S/c1-14-11-34(6-7-35(14)20-10-21(40-3)32-13-31-20)25-33-23-16(12-41-24(23)27)17(9-22(37)38)36(25)18-8-15(26(28,29)30)4-5-19(18)39-2/h4-5,8,10,12-14,17H,6-7,9,11H2,1-3H3,(H,37,38). The van der Waals surface area contributed by atoms with Crippen LogP contribution in [0.2, 0.25) is 0 Å². The Hall–Kier alpha value is -4.14. The molecule has 0 saturated carbocycles. The van der Waals surface area contributed by atoms with Crippen LogP contribution in [-0.2, 0) is 11.0 Å². The van der Waals surface area contributed by atoms with E-state index in [0.717, 1.165) is 23.5 Å². The highest BCUT2D eigenvalue weighted by Crippen LogP contribution is 2.47. The lowest BCUT2D eigenvalue weighted by Crippen LogP contribution is -2.58. The van der Waals surface area contributed by atoms with E-state index in [0.29, 0.717) is 31.3 Å². The molecule has 0 aliphatic carbocycles. The number of guanidine groups is 1. The van der Waals surface area contributed by atoms with Gasteiger partial charge >= 0.3 is 12.1 Å². The van der Waals surface area contributed by atoms with E-state index in [1.165, 1.54) is 36.9 Å². The van der Waals surface area contributed by atoms with Crippen LogP contribution in [0.25, 0.3) is 0 Å². The molecule has 2 unspecified atom stereocenters. The summed E-state index contributed by atoms with van der Waals surface area (Å²) in [5.41, 5.74) is -0.716. The fourth-order valence-corrected chi connectivity index (χ4v) is 5.89. The second kappa shape index (κ2) is 11.0. The predicted molar refractivity (Wildman–Crippen MR) is 144 cm³/mol. The third kappa shape index (κ3) is 5.45. The van der Waals surface area contributed by atoms with Crippen molar-refractivity contribution in [3.8, 4) is 11.6 Å². The van der Waals surface area contributed by atoms with E-state index >= 15 is 0 Å².